The van der Waals surface area contributed by atoms with Crippen LogP contribution in [-0.4, -0.2) is 79.2 Å². The molecule has 0 aromatic rings. The monoisotopic (exact) mass is 303 g/mol. The normalized spacial score (nSPS) is 64.8. The van der Waals surface area contributed by atoms with Gasteiger partial charge in [0, 0.05) is 0 Å². The molecule has 4 heterocycles. The van der Waals surface area contributed by atoms with Crippen LogP contribution in [0.3, 0.4) is 0 Å². The molecule has 1 saturated carbocycles. The Morgan fingerprint density at radius 3 is 2.48 bits per heavy atom. The van der Waals surface area contributed by atoms with E-state index in [0.717, 1.165) is 0 Å². The third kappa shape index (κ3) is 1.26. The van der Waals surface area contributed by atoms with Crippen molar-refractivity contribution in [3.63, 3.8) is 0 Å². The third-order valence-electron chi connectivity index (χ3n) is 5.13. The smallest absolute Gasteiger partial charge is 0.311 e. The van der Waals surface area contributed by atoms with E-state index in [-0.39, 0.29) is 5.96 Å². The Balaban J connectivity index is 1.95. The Bertz CT molecular complexity index is 542. The molecule has 8 N–H and O–H groups in total. The van der Waals surface area contributed by atoms with Crippen molar-refractivity contribution in [3.05, 3.63) is 0 Å². The van der Waals surface area contributed by atoms with E-state index in [2.05, 4.69) is 10.3 Å². The Morgan fingerprint density at radius 1 is 1.19 bits per heavy atom. The van der Waals surface area contributed by atoms with E-state index < -0.39 is 53.7 Å². The van der Waals surface area contributed by atoms with E-state index in [1.165, 1.54) is 6.92 Å². The van der Waals surface area contributed by atoms with Crippen LogP contribution in [0.25, 0.3) is 0 Å². The van der Waals surface area contributed by atoms with Crippen LogP contribution in [0.5, 0.6) is 0 Å². The van der Waals surface area contributed by atoms with Gasteiger partial charge in [-0.2, -0.15) is 0 Å². The minimum Gasteiger partial charge on any atom is -0.388 e. The summed E-state index contributed by atoms with van der Waals surface area (Å²) in [6, 6.07) is 0. The van der Waals surface area contributed by atoms with E-state index in [1.54, 1.807) is 0 Å². The average molecular weight is 303 g/mol. The Hall–Kier alpha value is -1.01. The second-order valence-electron chi connectivity index (χ2n) is 6.29. The molecule has 0 aromatic carbocycles. The van der Waals surface area contributed by atoms with Crippen molar-refractivity contribution in [2.75, 3.05) is 0 Å². The number of rotatable bonds is 0. The lowest BCUT2D eigenvalue weighted by Crippen LogP contribution is -2.94. The fraction of sp³-hybridized carbons (Fsp3) is 0.909. The van der Waals surface area contributed by atoms with Gasteiger partial charge in [-0.25, -0.2) is 4.99 Å². The number of hydrogen-bond acceptors (Lipinski definition) is 10. The molecule has 4 fully saturated rings. The van der Waals surface area contributed by atoms with Crippen LogP contribution in [0.1, 0.15) is 6.92 Å². The van der Waals surface area contributed by atoms with Gasteiger partial charge in [-0.3, -0.25) is 0 Å². The second-order valence-corrected chi connectivity index (χ2v) is 6.29. The summed E-state index contributed by atoms with van der Waals surface area (Å²) in [6.07, 6.45) is -6.96. The number of aliphatic hydroxyl groups is 5. The topological polar surface area (TPSA) is 170 Å². The first-order chi connectivity index (χ1) is 9.64. The predicted molar refractivity (Wildman–Crippen MR) is 64.3 cm³/mol. The van der Waals surface area contributed by atoms with Gasteiger partial charge in [-0.05, 0) is 6.92 Å². The molecule has 4 bridgehead atoms. The average Bonchev–Trinajstić information content (AvgIpc) is 2.36. The minimum absolute atomic E-state index is 0.193. The molecular formula is C11H17N3O7. The Kier molecular flexibility index (Phi) is 2.26. The summed E-state index contributed by atoms with van der Waals surface area (Å²) < 4.78 is 10.4. The van der Waals surface area contributed by atoms with E-state index in [0.29, 0.717) is 0 Å². The summed E-state index contributed by atoms with van der Waals surface area (Å²) in [5, 5.41) is 54.7. The molecule has 0 amide bonds. The first-order valence-electron chi connectivity index (χ1n) is 6.60. The molecule has 0 radical (unpaired) electrons. The lowest BCUT2D eigenvalue weighted by Gasteiger charge is -2.71. The number of nitrogens with two attached hydrogens (primary N) is 1. The fourth-order valence-electron chi connectivity index (χ4n) is 4.19. The quantitative estimate of drug-likeness (QED) is 0.233. The Labute approximate surface area is 118 Å². The summed E-state index contributed by atoms with van der Waals surface area (Å²) in [5.74, 6) is -3.62. The molecule has 118 valence electrons. The van der Waals surface area contributed by atoms with Gasteiger partial charge in [0.05, 0.1) is 5.92 Å². The number of nitrogens with one attached hydrogen (secondary N) is 1. The molecular weight excluding hydrogens is 286 g/mol. The summed E-state index contributed by atoms with van der Waals surface area (Å²) in [6.45, 7) is 1.36. The maximum Gasteiger partial charge on any atom is 0.311 e. The van der Waals surface area contributed by atoms with Crippen molar-refractivity contribution in [1.82, 2.24) is 5.32 Å². The molecule has 1 aliphatic carbocycles. The van der Waals surface area contributed by atoms with Crippen molar-refractivity contribution in [2.24, 2.45) is 16.6 Å². The zero-order valence-electron chi connectivity index (χ0n) is 11.0. The maximum absolute atomic E-state index is 10.6. The highest BCUT2D eigenvalue weighted by Gasteiger charge is 2.82. The molecule has 4 aliphatic heterocycles. The molecule has 5 aliphatic rings. The van der Waals surface area contributed by atoms with Gasteiger partial charge < -0.3 is 46.1 Å². The van der Waals surface area contributed by atoms with E-state index in [9.17, 15) is 25.5 Å². The zero-order valence-corrected chi connectivity index (χ0v) is 11.0. The van der Waals surface area contributed by atoms with Crippen molar-refractivity contribution in [3.8, 4) is 0 Å². The van der Waals surface area contributed by atoms with Crippen LogP contribution in [-0.2, 0) is 9.47 Å². The summed E-state index contributed by atoms with van der Waals surface area (Å²) in [5.41, 5.74) is 2.27. The van der Waals surface area contributed by atoms with E-state index >= 15 is 0 Å². The van der Waals surface area contributed by atoms with Crippen LogP contribution in [0.2, 0.25) is 0 Å². The van der Waals surface area contributed by atoms with Crippen LogP contribution in [0.15, 0.2) is 4.99 Å². The highest BCUT2D eigenvalue weighted by molar-refractivity contribution is 5.80. The SMILES string of the molecule is C[C@]1(O)C2O[C@@]3(O)OC1[C@@H]1[C@@H](O)N=C(N)NC1([C@@H]2O)[C@@H]3O. The largest absolute Gasteiger partial charge is 0.388 e. The maximum atomic E-state index is 10.6. The van der Waals surface area contributed by atoms with Crippen LogP contribution < -0.4 is 11.1 Å². The predicted octanol–water partition coefficient (Wildman–Crippen LogP) is -4.49. The number of aliphatic hydroxyl groups excluding tert-OH is 3. The molecule has 1 spiro atoms. The summed E-state index contributed by atoms with van der Waals surface area (Å²) in [4.78, 5) is 3.74. The number of aliphatic imine (C=N–C) groups is 1. The molecule has 10 heteroatoms. The molecule has 9 atom stereocenters. The van der Waals surface area contributed by atoms with Crippen molar-refractivity contribution in [2.45, 2.75) is 54.7 Å². The molecule has 3 saturated heterocycles. The zero-order chi connectivity index (χ0) is 15.4. The number of guanidine groups is 1. The number of nitrogens with zero attached hydrogens (tertiary/aromatic N) is 1. The number of ether oxygens (including phenoxy) is 2. The lowest BCUT2D eigenvalue weighted by molar-refractivity contribution is -0.545. The summed E-state index contributed by atoms with van der Waals surface area (Å²) in [7, 11) is 0. The summed E-state index contributed by atoms with van der Waals surface area (Å²) >= 11 is 0. The van der Waals surface area contributed by atoms with Gasteiger partial charge >= 0.3 is 5.97 Å². The Morgan fingerprint density at radius 2 is 1.81 bits per heavy atom. The molecule has 10 nitrogen and oxygen atoms in total. The highest BCUT2D eigenvalue weighted by atomic mass is 16.9. The van der Waals surface area contributed by atoms with Crippen molar-refractivity contribution in [1.29, 1.82) is 0 Å². The van der Waals surface area contributed by atoms with Crippen molar-refractivity contribution < 1.29 is 35.0 Å². The molecule has 0 aromatic heterocycles. The standard InChI is InChI=1S/C11H17N3O7/c1-9(18)4-2-6(16)13-8(12)14-10(2)3(15)5(9)21-11(19,20-4)7(10)17/h2-7,15-19H,1H3,(H3,12,13,14)/t2-,3-,4?,5?,6-,7+,9-,10?,11+/m1/s1. The lowest BCUT2D eigenvalue weighted by atomic mass is 9.55. The van der Waals surface area contributed by atoms with Gasteiger partial charge in [0.1, 0.15) is 29.5 Å². The molecule has 5 rings (SSSR count). The first-order valence-corrected chi connectivity index (χ1v) is 6.60. The first kappa shape index (κ1) is 13.6. The molecule has 3 unspecified atom stereocenters. The minimum atomic E-state index is -2.41. The van der Waals surface area contributed by atoms with Crippen LogP contribution in [0.4, 0.5) is 0 Å². The van der Waals surface area contributed by atoms with Gasteiger partial charge in [-0.1, -0.05) is 0 Å². The third-order valence-corrected chi connectivity index (χ3v) is 5.13. The number of hydrogen-bond donors (Lipinski definition) is 7. The van der Waals surface area contributed by atoms with E-state index in [4.69, 9.17) is 15.2 Å². The van der Waals surface area contributed by atoms with Gasteiger partial charge in [0.25, 0.3) is 0 Å². The van der Waals surface area contributed by atoms with Crippen LogP contribution >= 0.6 is 0 Å². The molecule has 21 heavy (non-hydrogen) atoms. The second kappa shape index (κ2) is 3.49. The highest BCUT2D eigenvalue weighted by Crippen LogP contribution is 2.58. The van der Waals surface area contributed by atoms with Gasteiger partial charge in [0.15, 0.2) is 18.3 Å². The van der Waals surface area contributed by atoms with E-state index in [1.807, 2.05) is 0 Å². The fourth-order valence-corrected chi connectivity index (χ4v) is 4.19. The van der Waals surface area contributed by atoms with Gasteiger partial charge in [-0.15, -0.1) is 0 Å². The van der Waals surface area contributed by atoms with Gasteiger partial charge in [0.2, 0.25) is 0 Å². The van der Waals surface area contributed by atoms with Crippen LogP contribution in [0, 0.1) is 5.92 Å². The van der Waals surface area contributed by atoms with Crippen molar-refractivity contribution >= 4 is 5.96 Å².